The number of nitrogens with zero attached hydrogens (tertiary/aromatic N) is 2. The van der Waals surface area contributed by atoms with E-state index < -0.39 is 28.8 Å². The fourth-order valence-electron chi connectivity index (χ4n) is 4.21. The summed E-state index contributed by atoms with van der Waals surface area (Å²) >= 11 is 5.94. The minimum absolute atomic E-state index is 0.109. The molecule has 1 saturated heterocycles. The van der Waals surface area contributed by atoms with Gasteiger partial charge in [-0.3, -0.25) is 4.79 Å². The predicted octanol–water partition coefficient (Wildman–Crippen LogP) is 5.03. The lowest BCUT2D eigenvalue weighted by Gasteiger charge is -2.38. The van der Waals surface area contributed by atoms with Crippen molar-refractivity contribution in [2.24, 2.45) is 0 Å². The number of rotatable bonds is 6. The first-order chi connectivity index (χ1) is 16.2. The van der Waals surface area contributed by atoms with Gasteiger partial charge in [0.05, 0.1) is 24.6 Å². The number of ether oxygens (including phenoxy) is 2. The van der Waals surface area contributed by atoms with Gasteiger partial charge in [0.15, 0.2) is 5.69 Å². The second-order valence-corrected chi connectivity index (χ2v) is 8.54. The van der Waals surface area contributed by atoms with Gasteiger partial charge in [0.25, 0.3) is 5.91 Å². The molecular weight excluding hydrogens is 471 g/mol. The molecule has 0 unspecified atom stereocenters. The lowest BCUT2D eigenvalue weighted by Crippen LogP contribution is -2.44. The number of hydrogen-bond acceptors (Lipinski definition) is 4. The number of halogens is 4. The van der Waals surface area contributed by atoms with Crippen LogP contribution in [0.3, 0.4) is 0 Å². The molecule has 0 atom stereocenters. The molecule has 6 nitrogen and oxygen atoms in total. The zero-order valence-electron chi connectivity index (χ0n) is 18.4. The van der Waals surface area contributed by atoms with Crippen molar-refractivity contribution in [3.05, 3.63) is 76.6 Å². The summed E-state index contributed by atoms with van der Waals surface area (Å²) in [6.45, 7) is 1.13. The van der Waals surface area contributed by atoms with Gasteiger partial charge < -0.3 is 14.8 Å². The number of alkyl halides is 3. The van der Waals surface area contributed by atoms with Crippen molar-refractivity contribution in [3.8, 4) is 11.4 Å². The van der Waals surface area contributed by atoms with E-state index in [-0.39, 0.29) is 17.3 Å². The Hall–Kier alpha value is -3.04. The molecule has 0 bridgehead atoms. The van der Waals surface area contributed by atoms with E-state index in [0.717, 1.165) is 11.8 Å². The van der Waals surface area contributed by atoms with Crippen LogP contribution in [0.15, 0.2) is 54.7 Å². The number of hydrogen-bond donors (Lipinski definition) is 1. The first-order valence-corrected chi connectivity index (χ1v) is 11.0. The van der Waals surface area contributed by atoms with Crippen molar-refractivity contribution in [3.63, 3.8) is 0 Å². The van der Waals surface area contributed by atoms with Crippen molar-refractivity contribution < 1.29 is 27.4 Å². The number of amides is 1. The Morgan fingerprint density at radius 3 is 2.53 bits per heavy atom. The van der Waals surface area contributed by atoms with Crippen LogP contribution < -0.4 is 10.1 Å². The highest BCUT2D eigenvalue weighted by atomic mass is 35.5. The van der Waals surface area contributed by atoms with Crippen LogP contribution in [0.25, 0.3) is 5.69 Å². The molecule has 1 aliphatic rings. The Morgan fingerprint density at radius 1 is 1.21 bits per heavy atom. The minimum Gasteiger partial charge on any atom is -0.497 e. The molecule has 10 heteroatoms. The van der Waals surface area contributed by atoms with E-state index in [1.807, 2.05) is 24.3 Å². The third-order valence-corrected chi connectivity index (χ3v) is 6.31. The van der Waals surface area contributed by atoms with Gasteiger partial charge in [0.2, 0.25) is 0 Å². The van der Waals surface area contributed by atoms with Crippen molar-refractivity contribution in [1.29, 1.82) is 0 Å². The van der Waals surface area contributed by atoms with Crippen LogP contribution in [0.4, 0.5) is 13.2 Å². The first kappa shape index (κ1) is 24.1. The van der Waals surface area contributed by atoms with E-state index in [4.69, 9.17) is 21.1 Å². The van der Waals surface area contributed by atoms with Crippen LogP contribution in [0, 0.1) is 0 Å². The molecule has 180 valence electrons. The van der Waals surface area contributed by atoms with E-state index in [2.05, 4.69) is 10.4 Å². The average Bonchev–Trinajstić information content (AvgIpc) is 3.29. The van der Waals surface area contributed by atoms with Gasteiger partial charge in [-0.25, -0.2) is 4.68 Å². The highest BCUT2D eigenvalue weighted by Crippen LogP contribution is 2.36. The number of benzene rings is 2. The zero-order chi connectivity index (χ0) is 24.3. The summed E-state index contributed by atoms with van der Waals surface area (Å²) in [6.07, 6.45) is -2.64. The number of methoxy groups -OCH3 is 1. The topological polar surface area (TPSA) is 65.4 Å². The number of aromatic nitrogens is 2. The molecule has 2 heterocycles. The fourth-order valence-corrected chi connectivity index (χ4v) is 4.39. The van der Waals surface area contributed by atoms with Crippen molar-refractivity contribution >= 4 is 17.5 Å². The molecule has 4 rings (SSSR count). The molecule has 0 radical (unpaired) electrons. The second-order valence-electron chi connectivity index (χ2n) is 8.10. The number of nitrogens with one attached hydrogen (secondary N) is 1. The first-order valence-electron chi connectivity index (χ1n) is 10.7. The van der Waals surface area contributed by atoms with Gasteiger partial charge in [-0.1, -0.05) is 29.8 Å². The SMILES string of the molecule is COc1ccc(C2(CNC(=O)c3cnn(-c4cccc(Cl)c4)c3C(F)(F)F)CCOCC2)cc1. The van der Waals surface area contributed by atoms with Crippen LogP contribution in [0.1, 0.15) is 34.5 Å². The highest BCUT2D eigenvalue weighted by Gasteiger charge is 2.41. The summed E-state index contributed by atoms with van der Waals surface area (Å²) < 4.78 is 53.4. The Bertz CT molecular complexity index is 1160. The van der Waals surface area contributed by atoms with Gasteiger partial charge in [-0.2, -0.15) is 18.3 Å². The van der Waals surface area contributed by atoms with Crippen LogP contribution in [-0.4, -0.2) is 42.6 Å². The van der Waals surface area contributed by atoms with E-state index >= 15 is 0 Å². The van der Waals surface area contributed by atoms with E-state index in [1.165, 1.54) is 18.2 Å². The maximum Gasteiger partial charge on any atom is 0.434 e. The minimum atomic E-state index is -4.81. The molecule has 1 aliphatic heterocycles. The smallest absolute Gasteiger partial charge is 0.434 e. The van der Waals surface area contributed by atoms with E-state index in [1.54, 1.807) is 13.2 Å². The molecular formula is C24H23ClF3N3O3. The van der Waals surface area contributed by atoms with Crippen molar-refractivity contribution in [2.45, 2.75) is 24.4 Å². The van der Waals surface area contributed by atoms with Crippen LogP contribution in [0.2, 0.25) is 5.02 Å². The van der Waals surface area contributed by atoms with Gasteiger partial charge in [-0.05, 0) is 48.7 Å². The monoisotopic (exact) mass is 493 g/mol. The summed E-state index contributed by atoms with van der Waals surface area (Å²) in [5, 5.41) is 6.83. The Balaban J connectivity index is 1.62. The molecule has 0 saturated carbocycles. The number of carbonyl (C=O) groups is 1. The standard InChI is InChI=1S/C24H23ClF3N3O3/c1-33-19-7-5-16(6-8-19)23(9-11-34-12-10-23)15-29-22(32)20-14-30-31(21(20)24(26,27)28)18-4-2-3-17(25)13-18/h2-8,13-14H,9-12,15H2,1H3,(H,29,32). The summed E-state index contributed by atoms with van der Waals surface area (Å²) in [6, 6.07) is 13.3. The summed E-state index contributed by atoms with van der Waals surface area (Å²) in [7, 11) is 1.57. The fraction of sp³-hybridized carbons (Fsp3) is 0.333. The van der Waals surface area contributed by atoms with Gasteiger partial charge in [0.1, 0.15) is 5.75 Å². The van der Waals surface area contributed by atoms with Crippen molar-refractivity contribution in [1.82, 2.24) is 15.1 Å². The highest BCUT2D eigenvalue weighted by molar-refractivity contribution is 6.30. The van der Waals surface area contributed by atoms with Crippen LogP contribution in [-0.2, 0) is 16.3 Å². The molecule has 3 aromatic rings. The van der Waals surface area contributed by atoms with Gasteiger partial charge >= 0.3 is 6.18 Å². The molecule has 1 fully saturated rings. The Labute approximate surface area is 199 Å². The summed E-state index contributed by atoms with van der Waals surface area (Å²) in [4.78, 5) is 13.0. The summed E-state index contributed by atoms with van der Waals surface area (Å²) in [5.41, 5.74) is -1.11. The molecule has 1 aromatic heterocycles. The summed E-state index contributed by atoms with van der Waals surface area (Å²) in [5.74, 6) is -0.154. The van der Waals surface area contributed by atoms with Crippen molar-refractivity contribution in [2.75, 3.05) is 26.9 Å². The maximum atomic E-state index is 14.0. The second kappa shape index (κ2) is 9.68. The third-order valence-electron chi connectivity index (χ3n) is 6.07. The lowest BCUT2D eigenvalue weighted by molar-refractivity contribution is -0.143. The molecule has 0 aliphatic carbocycles. The van der Waals surface area contributed by atoms with E-state index in [9.17, 15) is 18.0 Å². The molecule has 1 amide bonds. The third kappa shape index (κ3) is 4.90. The zero-order valence-corrected chi connectivity index (χ0v) is 19.1. The molecule has 0 spiro atoms. The van der Waals surface area contributed by atoms with E-state index in [0.29, 0.717) is 36.5 Å². The number of carbonyl (C=O) groups excluding carboxylic acids is 1. The molecule has 2 aromatic carbocycles. The van der Waals surface area contributed by atoms with Gasteiger partial charge in [-0.15, -0.1) is 0 Å². The quantitative estimate of drug-likeness (QED) is 0.523. The largest absolute Gasteiger partial charge is 0.497 e. The Kier molecular flexibility index (Phi) is 6.86. The average molecular weight is 494 g/mol. The van der Waals surface area contributed by atoms with Gasteiger partial charge in [0, 0.05) is 30.2 Å². The Morgan fingerprint density at radius 2 is 1.91 bits per heavy atom. The maximum absolute atomic E-state index is 14.0. The normalized spacial score (nSPS) is 15.7. The predicted molar refractivity (Wildman–Crippen MR) is 121 cm³/mol. The molecule has 1 N–H and O–H groups in total. The van der Waals surface area contributed by atoms with Crippen LogP contribution in [0.5, 0.6) is 5.75 Å². The lowest BCUT2D eigenvalue weighted by atomic mass is 9.74. The molecule has 34 heavy (non-hydrogen) atoms. The van der Waals surface area contributed by atoms with Crippen LogP contribution >= 0.6 is 11.6 Å².